The van der Waals surface area contributed by atoms with Crippen LogP contribution in [0.15, 0.2) is 12.1 Å². The number of ketones is 1. The lowest BCUT2D eigenvalue weighted by Gasteiger charge is -2.29. The molecule has 0 amide bonds. The predicted molar refractivity (Wildman–Crippen MR) is 54.4 cm³/mol. The fourth-order valence-corrected chi connectivity index (χ4v) is 1.67. The topological polar surface area (TPSA) is 76.0 Å². The van der Waals surface area contributed by atoms with Crippen molar-refractivity contribution in [2.75, 3.05) is 7.11 Å². The monoisotopic (exact) mass is 224 g/mol. The molecule has 0 aliphatic carbocycles. The Morgan fingerprint density at radius 1 is 1.50 bits per heavy atom. The zero-order valence-electron chi connectivity index (χ0n) is 8.98. The van der Waals surface area contributed by atoms with Crippen LogP contribution in [-0.4, -0.2) is 28.9 Å². The molecule has 2 rings (SSSR count). The number of aromatic hydroxyl groups is 1. The maximum atomic E-state index is 11.8. The zero-order chi connectivity index (χ0) is 11.9. The molecule has 1 aliphatic rings. The molecule has 1 aromatic rings. The first kappa shape index (κ1) is 10.9. The van der Waals surface area contributed by atoms with Gasteiger partial charge in [-0.3, -0.25) is 4.79 Å². The van der Waals surface area contributed by atoms with Gasteiger partial charge in [-0.2, -0.15) is 0 Å². The van der Waals surface area contributed by atoms with E-state index in [1.165, 1.54) is 14.0 Å². The predicted octanol–water partition coefficient (Wildman–Crippen LogP) is 0.822. The Kier molecular flexibility index (Phi) is 2.36. The molecule has 0 spiro atoms. The maximum Gasteiger partial charge on any atom is 0.228 e. The number of hydrogen-bond donors (Lipinski definition) is 2. The average Bonchev–Trinajstić information content (AvgIpc) is 2.24. The molecule has 5 nitrogen and oxygen atoms in total. The summed E-state index contributed by atoms with van der Waals surface area (Å²) in [6, 6.07) is 3.17. The summed E-state index contributed by atoms with van der Waals surface area (Å²) in [7, 11) is 1.39. The number of phenolic OH excluding ortho intramolecular Hbond substituents is 1. The number of rotatable bonds is 1. The number of benzene rings is 1. The van der Waals surface area contributed by atoms with Crippen LogP contribution in [0.1, 0.15) is 22.8 Å². The number of hydrogen-bond acceptors (Lipinski definition) is 5. The van der Waals surface area contributed by atoms with Crippen LogP contribution in [0.2, 0.25) is 0 Å². The van der Waals surface area contributed by atoms with Crippen molar-refractivity contribution in [3.05, 3.63) is 23.3 Å². The van der Waals surface area contributed by atoms with Gasteiger partial charge in [0.1, 0.15) is 0 Å². The van der Waals surface area contributed by atoms with Gasteiger partial charge in [0.05, 0.1) is 19.3 Å². The van der Waals surface area contributed by atoms with Gasteiger partial charge >= 0.3 is 0 Å². The molecule has 5 heteroatoms. The number of fused-ring (bicyclic) bond motifs is 1. The van der Waals surface area contributed by atoms with Crippen molar-refractivity contribution >= 4 is 5.78 Å². The minimum absolute atomic E-state index is 0.0654. The van der Waals surface area contributed by atoms with Crippen molar-refractivity contribution in [3.8, 4) is 11.5 Å². The van der Waals surface area contributed by atoms with Gasteiger partial charge in [0.15, 0.2) is 11.5 Å². The summed E-state index contributed by atoms with van der Waals surface area (Å²) in [5, 5.41) is 19.5. The second-order valence-electron chi connectivity index (χ2n) is 3.75. The molecule has 1 aliphatic heterocycles. The molecular formula is C11H12O5. The number of carbonyl (C=O) groups is 1. The molecule has 1 aromatic carbocycles. The van der Waals surface area contributed by atoms with Crippen LogP contribution in [0.4, 0.5) is 0 Å². The van der Waals surface area contributed by atoms with Gasteiger partial charge < -0.3 is 19.7 Å². The second kappa shape index (κ2) is 3.47. The molecule has 1 atom stereocenters. The van der Waals surface area contributed by atoms with Gasteiger partial charge in [-0.1, -0.05) is 6.07 Å². The van der Waals surface area contributed by atoms with Crippen molar-refractivity contribution in [2.45, 2.75) is 19.3 Å². The first-order valence-electron chi connectivity index (χ1n) is 4.77. The summed E-state index contributed by atoms with van der Waals surface area (Å²) < 4.78 is 9.89. The Bertz CT molecular complexity index is 450. The van der Waals surface area contributed by atoms with Crippen molar-refractivity contribution < 1.29 is 24.5 Å². The summed E-state index contributed by atoms with van der Waals surface area (Å²) in [5.74, 6) is -2.61. The van der Waals surface area contributed by atoms with Crippen LogP contribution in [0.3, 0.4) is 0 Å². The summed E-state index contributed by atoms with van der Waals surface area (Å²) in [5.41, 5.74) is 0.602. The third-order valence-corrected chi connectivity index (χ3v) is 2.60. The number of ether oxygens (including phenoxy) is 2. The van der Waals surface area contributed by atoms with E-state index < -0.39 is 11.6 Å². The summed E-state index contributed by atoms with van der Waals surface area (Å²) in [4.78, 5) is 11.8. The maximum absolute atomic E-state index is 11.8. The lowest BCUT2D eigenvalue weighted by Crippen LogP contribution is -2.42. The van der Waals surface area contributed by atoms with Crippen molar-refractivity contribution in [3.63, 3.8) is 0 Å². The third-order valence-electron chi connectivity index (χ3n) is 2.60. The summed E-state index contributed by atoms with van der Waals surface area (Å²) >= 11 is 0. The zero-order valence-corrected chi connectivity index (χ0v) is 8.98. The van der Waals surface area contributed by atoms with E-state index in [0.29, 0.717) is 5.56 Å². The first-order chi connectivity index (χ1) is 7.47. The van der Waals surface area contributed by atoms with E-state index in [2.05, 4.69) is 0 Å². The smallest absolute Gasteiger partial charge is 0.228 e. The molecular weight excluding hydrogens is 212 g/mol. The van der Waals surface area contributed by atoms with Crippen molar-refractivity contribution in [2.24, 2.45) is 0 Å². The van der Waals surface area contributed by atoms with Crippen LogP contribution in [0.5, 0.6) is 11.5 Å². The highest BCUT2D eigenvalue weighted by molar-refractivity contribution is 6.05. The minimum atomic E-state index is -1.89. The van der Waals surface area contributed by atoms with E-state index in [1.54, 1.807) is 12.1 Å². The Morgan fingerprint density at radius 2 is 2.19 bits per heavy atom. The van der Waals surface area contributed by atoms with Gasteiger partial charge in [-0.25, -0.2) is 0 Å². The van der Waals surface area contributed by atoms with Crippen LogP contribution in [-0.2, 0) is 11.3 Å². The second-order valence-corrected chi connectivity index (χ2v) is 3.75. The van der Waals surface area contributed by atoms with E-state index in [4.69, 9.17) is 9.47 Å². The lowest BCUT2D eigenvalue weighted by atomic mass is 9.95. The number of aliphatic hydroxyl groups is 1. The van der Waals surface area contributed by atoms with E-state index in [1.807, 2.05) is 0 Å². The highest BCUT2D eigenvalue weighted by Crippen LogP contribution is 2.38. The number of Topliss-reactive ketones (excluding diaryl/α,β-unsaturated/α-hetero) is 1. The number of phenols is 1. The fourth-order valence-electron chi connectivity index (χ4n) is 1.67. The molecule has 0 saturated carbocycles. The van der Waals surface area contributed by atoms with Gasteiger partial charge in [0.25, 0.3) is 0 Å². The Hall–Kier alpha value is -1.59. The largest absolute Gasteiger partial charge is 0.504 e. The fraction of sp³-hybridized carbons (Fsp3) is 0.364. The standard InChI is InChI=1S/C11H12O5/c1-11(14)10(13)8-6(5-16-11)3-4-7(15-2)9(8)12/h3-4,12,14H,5H2,1-2H3. The van der Waals surface area contributed by atoms with Gasteiger partial charge in [-0.05, 0) is 18.6 Å². The van der Waals surface area contributed by atoms with Crippen molar-refractivity contribution in [1.82, 2.24) is 0 Å². The SMILES string of the molecule is COc1ccc2c(c1O)C(=O)C(C)(O)OC2. The third kappa shape index (κ3) is 1.45. The highest BCUT2D eigenvalue weighted by atomic mass is 16.6. The first-order valence-corrected chi connectivity index (χ1v) is 4.77. The number of methoxy groups -OCH3 is 1. The molecule has 0 aromatic heterocycles. The van der Waals surface area contributed by atoms with Crippen LogP contribution in [0, 0.1) is 0 Å². The normalized spacial score (nSPS) is 24.1. The van der Waals surface area contributed by atoms with E-state index in [0.717, 1.165) is 0 Å². The van der Waals surface area contributed by atoms with Crippen LogP contribution >= 0.6 is 0 Å². The molecule has 2 N–H and O–H groups in total. The van der Waals surface area contributed by atoms with Crippen molar-refractivity contribution in [1.29, 1.82) is 0 Å². The quantitative estimate of drug-likeness (QED) is 0.738. The summed E-state index contributed by atoms with van der Waals surface area (Å²) in [6.07, 6.45) is 0. The van der Waals surface area contributed by atoms with E-state index in [9.17, 15) is 15.0 Å². The molecule has 86 valence electrons. The van der Waals surface area contributed by atoms with Gasteiger partial charge in [0, 0.05) is 0 Å². The minimum Gasteiger partial charge on any atom is -0.504 e. The highest BCUT2D eigenvalue weighted by Gasteiger charge is 2.40. The molecule has 0 bridgehead atoms. The molecule has 1 heterocycles. The number of carbonyl (C=O) groups excluding carboxylic acids is 1. The average molecular weight is 224 g/mol. The Morgan fingerprint density at radius 3 is 2.81 bits per heavy atom. The molecule has 0 saturated heterocycles. The van der Waals surface area contributed by atoms with Gasteiger partial charge in [0.2, 0.25) is 11.6 Å². The molecule has 1 unspecified atom stereocenters. The Labute approximate surface area is 92.2 Å². The van der Waals surface area contributed by atoms with Crippen LogP contribution in [0.25, 0.3) is 0 Å². The lowest BCUT2D eigenvalue weighted by molar-refractivity contribution is -0.165. The molecule has 0 fully saturated rings. The van der Waals surface area contributed by atoms with Gasteiger partial charge in [-0.15, -0.1) is 0 Å². The van der Waals surface area contributed by atoms with E-state index in [-0.39, 0.29) is 23.7 Å². The molecule has 16 heavy (non-hydrogen) atoms. The molecule has 0 radical (unpaired) electrons. The van der Waals surface area contributed by atoms with E-state index >= 15 is 0 Å². The van der Waals surface area contributed by atoms with Crippen LogP contribution < -0.4 is 4.74 Å². The summed E-state index contributed by atoms with van der Waals surface area (Å²) in [6.45, 7) is 1.32. The Balaban J connectivity index is 2.61.